The number of hydrogen-bond donors (Lipinski definition) is 0. The van der Waals surface area contributed by atoms with Crippen LogP contribution in [-0.4, -0.2) is 39.5 Å². The first-order valence-electron chi connectivity index (χ1n) is 14.7. The Balaban J connectivity index is 0.000000599. The zero-order valence-corrected chi connectivity index (χ0v) is 25.5. The van der Waals surface area contributed by atoms with Crippen LogP contribution in [-0.2, 0) is 4.84 Å². The van der Waals surface area contributed by atoms with Gasteiger partial charge in [-0.15, -0.1) is 0 Å². The van der Waals surface area contributed by atoms with E-state index in [9.17, 15) is 0 Å². The Morgan fingerprint density at radius 1 is 0.750 bits per heavy atom. The van der Waals surface area contributed by atoms with Gasteiger partial charge in [-0.25, -0.2) is 4.84 Å². The van der Waals surface area contributed by atoms with Gasteiger partial charge in [-0.1, -0.05) is 122 Å². The topological polar surface area (TPSA) is 18.5 Å². The zero-order valence-electron chi connectivity index (χ0n) is 25.5. The highest BCUT2D eigenvalue weighted by atomic mass is 16.7. The quantitative estimate of drug-likeness (QED) is 0.193. The molecule has 1 aliphatic rings. The minimum atomic E-state index is 0.569. The van der Waals surface area contributed by atoms with E-state index in [4.69, 9.17) is 9.57 Å². The highest BCUT2D eigenvalue weighted by Gasteiger charge is 2.14. The van der Waals surface area contributed by atoms with Crippen LogP contribution in [0.4, 0.5) is 0 Å². The van der Waals surface area contributed by atoms with Crippen LogP contribution in [0, 0.1) is 12.8 Å². The molecule has 0 radical (unpaired) electrons. The molecule has 1 fully saturated rings. The van der Waals surface area contributed by atoms with Crippen LogP contribution in [0.2, 0.25) is 0 Å². The summed E-state index contributed by atoms with van der Waals surface area (Å²) in [6, 6.07) is 12.8. The van der Waals surface area contributed by atoms with Crippen LogP contribution >= 0.6 is 0 Å². The molecule has 0 N–H and O–H groups in total. The van der Waals surface area contributed by atoms with E-state index in [-0.39, 0.29) is 0 Å². The molecule has 3 rings (SSSR count). The first-order chi connectivity index (χ1) is 17.2. The van der Waals surface area contributed by atoms with Gasteiger partial charge in [0.2, 0.25) is 0 Å². The van der Waals surface area contributed by atoms with Crippen molar-refractivity contribution in [3.05, 3.63) is 42.0 Å². The van der Waals surface area contributed by atoms with Crippen molar-refractivity contribution in [2.75, 3.05) is 34.9 Å². The largest absolute Gasteiger partial charge is 0.493 e. The van der Waals surface area contributed by atoms with Gasteiger partial charge in [0, 0.05) is 5.39 Å². The number of rotatable bonds is 9. The number of nitrogens with zero attached hydrogens (tertiary/aromatic N) is 1. The number of aryl methyl sites for hydroxylation is 1. The van der Waals surface area contributed by atoms with Gasteiger partial charge in [-0.3, -0.25) is 0 Å². The summed E-state index contributed by atoms with van der Waals surface area (Å²) in [7, 11) is 7.56. The molecule has 0 bridgehead atoms. The van der Waals surface area contributed by atoms with Crippen molar-refractivity contribution in [1.82, 2.24) is 0 Å². The maximum atomic E-state index is 6.11. The van der Waals surface area contributed by atoms with Gasteiger partial charge in [0.25, 0.3) is 0 Å². The molecule has 0 saturated heterocycles. The van der Waals surface area contributed by atoms with E-state index >= 15 is 0 Å². The van der Waals surface area contributed by atoms with Crippen LogP contribution in [0.5, 0.6) is 5.75 Å². The molecule has 1 aliphatic carbocycles. The van der Waals surface area contributed by atoms with E-state index in [1.54, 1.807) is 7.11 Å². The Hall–Kier alpha value is -1.58. The molecular weight excluding hydrogens is 442 g/mol. The van der Waals surface area contributed by atoms with E-state index in [2.05, 4.69) is 71.0 Å². The number of benzene rings is 2. The number of unbranched alkanes of at least 4 members (excludes halogenated alkanes) is 5. The Morgan fingerprint density at radius 2 is 1.25 bits per heavy atom. The SMILES string of the molecule is CCC.CCCCCCCC.CO[N+](C)(C)C.Cc1ccc(OCC2CCCCC2)c2ccccc12. The third-order valence-electron chi connectivity index (χ3n) is 6.31. The van der Waals surface area contributed by atoms with Crippen LogP contribution < -0.4 is 4.74 Å². The van der Waals surface area contributed by atoms with Crippen molar-refractivity contribution < 1.29 is 14.2 Å². The van der Waals surface area contributed by atoms with Gasteiger partial charge in [-0.2, -0.15) is 4.65 Å². The molecule has 0 heterocycles. The molecule has 3 heteroatoms. The summed E-state index contributed by atoms with van der Waals surface area (Å²) in [6.07, 6.45) is 16.6. The fourth-order valence-corrected chi connectivity index (χ4v) is 3.96. The molecule has 0 spiro atoms. The minimum absolute atomic E-state index is 0.569. The van der Waals surface area contributed by atoms with Crippen LogP contribution in [0.3, 0.4) is 0 Å². The second-order valence-electron chi connectivity index (χ2n) is 10.9. The molecule has 0 aromatic heterocycles. The number of hydrogen-bond acceptors (Lipinski definition) is 2. The summed E-state index contributed by atoms with van der Waals surface area (Å²) in [5.41, 5.74) is 1.32. The first kappa shape index (κ1) is 34.4. The summed E-state index contributed by atoms with van der Waals surface area (Å²) in [5, 5.41) is 2.56. The third kappa shape index (κ3) is 17.0. The lowest BCUT2D eigenvalue weighted by atomic mass is 9.90. The molecule has 36 heavy (non-hydrogen) atoms. The molecule has 0 unspecified atom stereocenters. The zero-order chi connectivity index (χ0) is 27.2. The predicted octanol–water partition coefficient (Wildman–Crippen LogP) is 10.1. The average molecular weight is 503 g/mol. The fraction of sp³-hybridized carbons (Fsp3) is 0.697. The monoisotopic (exact) mass is 502 g/mol. The third-order valence-corrected chi connectivity index (χ3v) is 6.31. The average Bonchev–Trinajstić information content (AvgIpc) is 2.88. The smallest absolute Gasteiger partial charge is 0.127 e. The number of hydroxylamine groups is 3. The lowest BCUT2D eigenvalue weighted by Crippen LogP contribution is -2.32. The highest BCUT2D eigenvalue weighted by molar-refractivity contribution is 5.90. The van der Waals surface area contributed by atoms with Crippen LogP contribution in [0.15, 0.2) is 36.4 Å². The predicted molar refractivity (Wildman–Crippen MR) is 161 cm³/mol. The van der Waals surface area contributed by atoms with Crippen molar-refractivity contribution in [1.29, 1.82) is 0 Å². The Morgan fingerprint density at radius 3 is 1.72 bits per heavy atom. The normalized spacial score (nSPS) is 13.5. The molecule has 1 saturated carbocycles. The number of fused-ring (bicyclic) bond motifs is 1. The maximum absolute atomic E-state index is 6.11. The van der Waals surface area contributed by atoms with Gasteiger partial charge in [0.1, 0.15) is 5.75 Å². The molecule has 208 valence electrons. The molecule has 0 aliphatic heterocycles. The van der Waals surface area contributed by atoms with Crippen molar-refractivity contribution in [2.24, 2.45) is 5.92 Å². The summed E-state index contributed by atoms with van der Waals surface area (Å²) >= 11 is 0. The second-order valence-corrected chi connectivity index (χ2v) is 10.9. The number of quaternary nitrogens is 1. The van der Waals surface area contributed by atoms with Gasteiger partial charge < -0.3 is 4.74 Å². The van der Waals surface area contributed by atoms with E-state index in [0.717, 1.165) is 18.3 Å². The summed E-state index contributed by atoms with van der Waals surface area (Å²) < 4.78 is 6.68. The lowest BCUT2D eigenvalue weighted by Gasteiger charge is -2.22. The van der Waals surface area contributed by atoms with Crippen molar-refractivity contribution in [3.63, 3.8) is 0 Å². The summed E-state index contributed by atoms with van der Waals surface area (Å²) in [4.78, 5) is 4.88. The second kappa shape index (κ2) is 21.5. The summed E-state index contributed by atoms with van der Waals surface area (Å²) in [6.45, 7) is 11.8. The van der Waals surface area contributed by atoms with Gasteiger partial charge >= 0.3 is 0 Å². The van der Waals surface area contributed by atoms with Crippen molar-refractivity contribution >= 4 is 10.8 Å². The first-order valence-corrected chi connectivity index (χ1v) is 14.7. The number of ether oxygens (including phenoxy) is 1. The Bertz CT molecular complexity index is 754. The van der Waals surface area contributed by atoms with E-state index in [1.807, 2.05) is 21.1 Å². The Kier molecular flexibility index (Phi) is 20.6. The van der Waals surface area contributed by atoms with E-state index in [1.165, 1.54) is 93.4 Å². The molecule has 0 amide bonds. The van der Waals surface area contributed by atoms with Gasteiger partial charge in [0.05, 0.1) is 34.9 Å². The highest BCUT2D eigenvalue weighted by Crippen LogP contribution is 2.30. The van der Waals surface area contributed by atoms with Gasteiger partial charge in [0.15, 0.2) is 0 Å². The molecule has 2 aromatic carbocycles. The minimum Gasteiger partial charge on any atom is -0.493 e. The van der Waals surface area contributed by atoms with Crippen molar-refractivity contribution in [2.45, 2.75) is 112 Å². The lowest BCUT2D eigenvalue weighted by molar-refractivity contribution is -1.06. The standard InChI is InChI=1S/C18H22O.C8H18.C4H12NO.C3H8/c1-14-11-12-18(17-10-6-5-9-16(14)17)19-13-15-7-3-2-4-8-15;1-3-5-7-8-6-4-2;1-5(2,3)6-4;1-3-2/h5-6,9-12,15H,2-4,7-8,13H2,1H3;3-8H2,1-2H3;1-4H3;3H2,1-2H3/q;;+1;. The van der Waals surface area contributed by atoms with E-state index < -0.39 is 0 Å². The summed E-state index contributed by atoms with van der Waals surface area (Å²) in [5.74, 6) is 1.81. The Labute approximate surface area is 225 Å². The van der Waals surface area contributed by atoms with Crippen LogP contribution in [0.1, 0.15) is 110 Å². The van der Waals surface area contributed by atoms with Gasteiger partial charge in [-0.05, 0) is 42.7 Å². The van der Waals surface area contributed by atoms with E-state index in [0.29, 0.717) is 4.65 Å². The maximum Gasteiger partial charge on any atom is 0.127 e. The molecular formula is C33H60NO2+. The molecule has 2 aromatic rings. The van der Waals surface area contributed by atoms with Crippen LogP contribution in [0.25, 0.3) is 10.8 Å². The molecule has 3 nitrogen and oxygen atoms in total. The fourth-order valence-electron chi connectivity index (χ4n) is 3.96. The molecule has 0 atom stereocenters. The van der Waals surface area contributed by atoms with Crippen molar-refractivity contribution in [3.8, 4) is 5.75 Å².